The van der Waals surface area contributed by atoms with Crippen LogP contribution >= 0.6 is 0 Å². The molecule has 0 fully saturated rings. The fourth-order valence-corrected chi connectivity index (χ4v) is 0. The third-order valence-corrected chi connectivity index (χ3v) is 0. The smallest absolute Gasteiger partial charge is 0.291 e. The zero-order chi connectivity index (χ0) is 5.58. The van der Waals surface area contributed by atoms with Crippen molar-refractivity contribution < 1.29 is 10.3 Å². The Morgan fingerprint density at radius 3 is 1.57 bits per heavy atom. The highest BCUT2D eigenvalue weighted by Gasteiger charge is 1.65. The molecule has 0 atom stereocenters. The maximum Gasteiger partial charge on any atom is 0.291 e. The van der Waals surface area contributed by atoms with Gasteiger partial charge in [0.15, 0.2) is 0 Å². The van der Waals surface area contributed by atoms with Gasteiger partial charge in [0.05, 0.1) is 0 Å². The maximum atomic E-state index is 8.36. The van der Waals surface area contributed by atoms with Gasteiger partial charge in [0.1, 0.15) is 0 Å². The highest BCUT2D eigenvalue weighted by atomic mass is 16.9. The summed E-state index contributed by atoms with van der Waals surface area (Å²) < 4.78 is 0. The zero-order valence-corrected chi connectivity index (χ0v) is 3.31. The van der Waals surface area contributed by atoms with Crippen LogP contribution in [-0.2, 0) is 0 Å². The molecule has 7 heavy (non-hydrogen) atoms. The third-order valence-electron chi connectivity index (χ3n) is 0. The molecule has 4 N–H and O–H groups in total. The standard InChI is InChI=1S/N2.HNO3.H3N/c1-2;2-1(3)4;/h;(H,2,3,4);1H3. The molecule has 0 heterocycles. The minimum atomic E-state index is -1.50. The summed E-state index contributed by atoms with van der Waals surface area (Å²) in [6.07, 6.45) is 0. The van der Waals surface area contributed by atoms with Gasteiger partial charge in [-0.1, -0.05) is 0 Å². The lowest BCUT2D eigenvalue weighted by molar-refractivity contribution is -0.742. The Labute approximate surface area is 38.7 Å². The number of hydrogen-bond donors (Lipinski definition) is 2. The molecule has 0 aliphatic heterocycles. The third kappa shape index (κ3) is 15.1. The highest BCUT2D eigenvalue weighted by Crippen LogP contribution is 1.38. The lowest BCUT2D eigenvalue weighted by atomic mass is 13.1. The van der Waals surface area contributed by atoms with Crippen LogP contribution in [0.5, 0.6) is 0 Å². The first-order chi connectivity index (χ1) is 2.73. The summed E-state index contributed by atoms with van der Waals surface area (Å²) in [5.41, 5.74) is 0. The van der Waals surface area contributed by atoms with Crippen molar-refractivity contribution in [1.82, 2.24) is 6.15 Å². The molecule has 0 amide bonds. The number of rotatable bonds is 0. The Kier molecular flexibility index (Phi) is 59.1. The average Bonchev–Trinajstić information content (AvgIpc) is 1.41. The summed E-state index contributed by atoms with van der Waals surface area (Å²) in [4.78, 5) is 8.36. The molecule has 0 unspecified atom stereocenters. The molecule has 0 saturated heterocycles. The summed E-state index contributed by atoms with van der Waals surface area (Å²) in [6.45, 7) is 0. The van der Waals surface area contributed by atoms with Crippen LogP contribution in [0.15, 0.2) is 0 Å². The molecule has 42 valence electrons. The van der Waals surface area contributed by atoms with E-state index in [1.165, 1.54) is 0 Å². The fraction of sp³-hybridized carbons (Fsp3) is 0. The van der Waals surface area contributed by atoms with Crippen LogP contribution < -0.4 is 6.15 Å². The van der Waals surface area contributed by atoms with E-state index >= 15 is 0 Å². The Bertz CT molecular complexity index is 51.2. The molecule has 0 aliphatic rings. The zero-order valence-electron chi connectivity index (χ0n) is 3.31. The molecule has 7 nitrogen and oxygen atoms in total. The van der Waals surface area contributed by atoms with Crippen LogP contribution in [0.3, 0.4) is 0 Å². The minimum absolute atomic E-state index is 0. The van der Waals surface area contributed by atoms with Gasteiger partial charge in [-0.2, -0.15) is 0 Å². The van der Waals surface area contributed by atoms with Gasteiger partial charge in [0, 0.05) is 10.8 Å². The first-order valence-corrected chi connectivity index (χ1v) is 0.765. The molecule has 0 rings (SSSR count). The van der Waals surface area contributed by atoms with Crippen molar-refractivity contribution in [2.45, 2.75) is 0 Å². The second-order valence-corrected chi connectivity index (χ2v) is 0.238. The summed E-state index contributed by atoms with van der Waals surface area (Å²) >= 11 is 0. The minimum Gasteiger partial charge on any atom is -0.344 e. The predicted octanol–water partition coefficient (Wildman–Crippen LogP) is -0.156. The van der Waals surface area contributed by atoms with Crippen molar-refractivity contribution in [1.29, 1.82) is 10.8 Å². The average molecular weight is 108 g/mol. The molecule has 0 aromatic carbocycles. The van der Waals surface area contributed by atoms with E-state index in [4.69, 9.17) is 26.1 Å². The first-order valence-electron chi connectivity index (χ1n) is 0.765. The molecule has 0 bridgehead atoms. The lowest BCUT2D eigenvalue weighted by Gasteiger charge is -1.56. The van der Waals surface area contributed by atoms with E-state index in [-0.39, 0.29) is 6.15 Å². The Morgan fingerprint density at radius 2 is 1.57 bits per heavy atom. The van der Waals surface area contributed by atoms with Crippen LogP contribution in [0.25, 0.3) is 0 Å². The number of hydrogen-bond acceptors (Lipinski definition) is 5. The van der Waals surface area contributed by atoms with Crippen molar-refractivity contribution in [2.24, 2.45) is 0 Å². The van der Waals surface area contributed by atoms with E-state index in [1.54, 1.807) is 0 Å². The molecule has 0 radical (unpaired) electrons. The molecule has 0 aromatic heterocycles. The topological polar surface area (TPSA) is 146 Å². The monoisotopic (exact) mass is 108 g/mol. The molecule has 0 spiro atoms. The van der Waals surface area contributed by atoms with E-state index in [9.17, 15) is 0 Å². The maximum absolute atomic E-state index is 8.36. The second-order valence-electron chi connectivity index (χ2n) is 0.238. The van der Waals surface area contributed by atoms with Gasteiger partial charge in [-0.15, -0.1) is 10.1 Å². The van der Waals surface area contributed by atoms with Gasteiger partial charge in [0.25, 0.3) is 5.09 Å². The van der Waals surface area contributed by atoms with Crippen molar-refractivity contribution in [2.75, 3.05) is 0 Å². The van der Waals surface area contributed by atoms with Gasteiger partial charge < -0.3 is 11.4 Å². The quantitative estimate of drug-likeness (QED) is 0.250. The Balaban J connectivity index is -0.0000000480. The first kappa shape index (κ1) is 17.6. The van der Waals surface area contributed by atoms with Crippen molar-refractivity contribution >= 4 is 0 Å². The Hall–Kier alpha value is -1.42. The van der Waals surface area contributed by atoms with Gasteiger partial charge >= 0.3 is 0 Å². The molecule has 0 aliphatic carbocycles. The van der Waals surface area contributed by atoms with Crippen LogP contribution in [0.1, 0.15) is 0 Å². The van der Waals surface area contributed by atoms with Gasteiger partial charge in [-0.3, -0.25) is 0 Å². The van der Waals surface area contributed by atoms with Crippen molar-refractivity contribution in [3.63, 3.8) is 0 Å². The van der Waals surface area contributed by atoms with E-state index < -0.39 is 5.09 Å². The Morgan fingerprint density at radius 1 is 1.57 bits per heavy atom. The molecular weight excluding hydrogens is 104 g/mol. The second kappa shape index (κ2) is 23.5. The van der Waals surface area contributed by atoms with Crippen LogP contribution in [0.2, 0.25) is 0 Å². The van der Waals surface area contributed by atoms with Gasteiger partial charge in [-0.05, 0) is 0 Å². The fourth-order valence-electron chi connectivity index (χ4n) is 0. The molecule has 0 saturated carbocycles. The van der Waals surface area contributed by atoms with Gasteiger partial charge in [0.2, 0.25) is 0 Å². The summed E-state index contributed by atoms with van der Waals surface area (Å²) in [7, 11) is 0. The normalized spacial score (nSPS) is 3.71. The lowest BCUT2D eigenvalue weighted by Crippen LogP contribution is -1.81. The number of nitrogens with zero attached hydrogens (tertiary/aromatic N) is 3. The predicted molar refractivity (Wildman–Crippen MR) is 17.3 cm³/mol. The highest BCUT2D eigenvalue weighted by molar-refractivity contribution is 3.83. The van der Waals surface area contributed by atoms with Crippen molar-refractivity contribution in [3.05, 3.63) is 10.1 Å². The van der Waals surface area contributed by atoms with E-state index in [0.717, 1.165) is 0 Å². The SMILES string of the molecule is N.N#N.O=[N+]([O-])O. The van der Waals surface area contributed by atoms with Crippen LogP contribution in [-0.4, -0.2) is 10.3 Å². The summed E-state index contributed by atoms with van der Waals surface area (Å²) in [5.74, 6) is 0. The van der Waals surface area contributed by atoms with Crippen molar-refractivity contribution in [3.8, 4) is 0 Å². The van der Waals surface area contributed by atoms with Crippen LogP contribution in [0.4, 0.5) is 0 Å². The van der Waals surface area contributed by atoms with E-state index in [1.807, 2.05) is 0 Å². The largest absolute Gasteiger partial charge is 0.344 e. The van der Waals surface area contributed by atoms with E-state index in [0.29, 0.717) is 0 Å². The van der Waals surface area contributed by atoms with E-state index in [2.05, 4.69) is 0 Å². The summed E-state index contributed by atoms with van der Waals surface area (Å²) in [6, 6.07) is 0. The van der Waals surface area contributed by atoms with Gasteiger partial charge in [-0.25, -0.2) is 0 Å². The summed E-state index contributed by atoms with van der Waals surface area (Å²) in [5, 5.41) is 25.6. The molecule has 0 aromatic rings. The molecular formula is H4N4O3. The van der Waals surface area contributed by atoms with Crippen LogP contribution in [0, 0.1) is 20.9 Å². The molecule has 7 heteroatoms.